The highest BCUT2D eigenvalue weighted by molar-refractivity contribution is 7.17. The Labute approximate surface area is 125 Å². The second-order valence-corrected chi connectivity index (χ2v) is 7.52. The largest absolute Gasteiger partial charge is 0.393 e. The number of aliphatic hydroxyl groups excluding tert-OH is 1. The van der Waals surface area contributed by atoms with Crippen molar-refractivity contribution in [2.45, 2.75) is 45.6 Å². The van der Waals surface area contributed by atoms with Gasteiger partial charge in [0.25, 0.3) is 0 Å². The van der Waals surface area contributed by atoms with Crippen LogP contribution < -0.4 is 0 Å². The van der Waals surface area contributed by atoms with Gasteiger partial charge < -0.3 is 5.11 Å². The predicted molar refractivity (Wildman–Crippen MR) is 87.2 cm³/mol. The summed E-state index contributed by atoms with van der Waals surface area (Å²) in [5, 5.41) is 14.0. The van der Waals surface area contributed by atoms with Crippen LogP contribution in [0.1, 0.15) is 38.7 Å². The molecular formula is C18H24OS. The molecule has 0 radical (unpaired) electrons. The topological polar surface area (TPSA) is 20.2 Å². The second kappa shape index (κ2) is 5.87. The van der Waals surface area contributed by atoms with Crippen molar-refractivity contribution in [3.63, 3.8) is 0 Å². The summed E-state index contributed by atoms with van der Waals surface area (Å²) in [6.45, 7) is 4.64. The molecule has 1 heterocycles. The van der Waals surface area contributed by atoms with Gasteiger partial charge in [0, 0.05) is 4.70 Å². The lowest BCUT2D eigenvalue weighted by atomic mass is 9.73. The van der Waals surface area contributed by atoms with E-state index in [-0.39, 0.29) is 6.10 Å². The highest BCUT2D eigenvalue weighted by Crippen LogP contribution is 2.37. The molecule has 1 aromatic heterocycles. The maximum absolute atomic E-state index is 10.3. The summed E-state index contributed by atoms with van der Waals surface area (Å²) >= 11 is 1.83. The maximum Gasteiger partial charge on any atom is 0.0571 e. The first kappa shape index (κ1) is 14.1. The molecule has 0 bridgehead atoms. The summed E-state index contributed by atoms with van der Waals surface area (Å²) in [4.78, 5) is 0. The highest BCUT2D eigenvalue weighted by Gasteiger charge is 2.31. The SMILES string of the molecule is CC(C)C1CCC(O)C(Cc2csc3ccccc23)C1. The average molecular weight is 288 g/mol. The van der Waals surface area contributed by atoms with E-state index in [1.165, 1.54) is 28.5 Å². The Morgan fingerprint density at radius 3 is 2.85 bits per heavy atom. The van der Waals surface area contributed by atoms with E-state index in [1.807, 2.05) is 11.3 Å². The third-order valence-electron chi connectivity index (χ3n) is 4.97. The van der Waals surface area contributed by atoms with Crippen LogP contribution in [0.25, 0.3) is 10.1 Å². The average Bonchev–Trinajstić information content (AvgIpc) is 2.84. The van der Waals surface area contributed by atoms with E-state index in [4.69, 9.17) is 0 Å². The van der Waals surface area contributed by atoms with Gasteiger partial charge in [-0.25, -0.2) is 0 Å². The first-order chi connectivity index (χ1) is 9.65. The van der Waals surface area contributed by atoms with Gasteiger partial charge >= 0.3 is 0 Å². The lowest BCUT2D eigenvalue weighted by molar-refractivity contribution is 0.0380. The van der Waals surface area contributed by atoms with Crippen LogP contribution in [0.15, 0.2) is 29.6 Å². The fourth-order valence-corrected chi connectivity index (χ4v) is 4.56. The molecule has 1 aliphatic carbocycles. The molecule has 20 heavy (non-hydrogen) atoms. The minimum atomic E-state index is -0.108. The van der Waals surface area contributed by atoms with Gasteiger partial charge in [-0.05, 0) is 65.8 Å². The van der Waals surface area contributed by atoms with E-state index in [1.54, 1.807) is 0 Å². The van der Waals surface area contributed by atoms with Crippen molar-refractivity contribution in [2.24, 2.45) is 17.8 Å². The molecule has 0 spiro atoms. The highest BCUT2D eigenvalue weighted by atomic mass is 32.1. The zero-order chi connectivity index (χ0) is 14.1. The third kappa shape index (κ3) is 2.77. The molecule has 1 N–H and O–H groups in total. The predicted octanol–water partition coefficient (Wildman–Crippen LogP) is 4.88. The lowest BCUT2D eigenvalue weighted by Gasteiger charge is -2.35. The van der Waals surface area contributed by atoms with Crippen molar-refractivity contribution >= 4 is 21.4 Å². The van der Waals surface area contributed by atoms with Gasteiger partial charge in [0.05, 0.1) is 6.10 Å². The molecule has 2 aromatic rings. The number of thiophene rings is 1. The van der Waals surface area contributed by atoms with Crippen LogP contribution in [0.3, 0.4) is 0 Å². The monoisotopic (exact) mass is 288 g/mol. The first-order valence-electron chi connectivity index (χ1n) is 7.78. The standard InChI is InChI=1S/C18H24OS/c1-12(2)13-7-8-17(19)14(9-13)10-15-11-20-18-6-4-3-5-16(15)18/h3-6,11-14,17,19H,7-10H2,1-2H3. The van der Waals surface area contributed by atoms with Crippen LogP contribution in [-0.2, 0) is 6.42 Å². The van der Waals surface area contributed by atoms with Crippen molar-refractivity contribution in [1.29, 1.82) is 0 Å². The lowest BCUT2D eigenvalue weighted by Crippen LogP contribution is -2.32. The van der Waals surface area contributed by atoms with E-state index in [9.17, 15) is 5.11 Å². The van der Waals surface area contributed by atoms with Gasteiger partial charge in [-0.3, -0.25) is 0 Å². The summed E-state index contributed by atoms with van der Waals surface area (Å²) in [5.74, 6) is 1.96. The molecular weight excluding hydrogens is 264 g/mol. The molecule has 1 aliphatic rings. The van der Waals surface area contributed by atoms with Crippen molar-refractivity contribution in [3.8, 4) is 0 Å². The van der Waals surface area contributed by atoms with E-state index < -0.39 is 0 Å². The van der Waals surface area contributed by atoms with Crippen LogP contribution in [0, 0.1) is 17.8 Å². The van der Waals surface area contributed by atoms with Crippen molar-refractivity contribution in [2.75, 3.05) is 0 Å². The van der Waals surface area contributed by atoms with Crippen LogP contribution in [0.2, 0.25) is 0 Å². The van der Waals surface area contributed by atoms with E-state index in [2.05, 4.69) is 43.5 Å². The van der Waals surface area contributed by atoms with Crippen LogP contribution in [0.5, 0.6) is 0 Å². The first-order valence-corrected chi connectivity index (χ1v) is 8.66. The van der Waals surface area contributed by atoms with E-state index in [0.29, 0.717) is 5.92 Å². The number of fused-ring (bicyclic) bond motifs is 1. The molecule has 0 aliphatic heterocycles. The van der Waals surface area contributed by atoms with Crippen molar-refractivity contribution < 1.29 is 5.11 Å². The Bertz CT molecular complexity index is 572. The Morgan fingerprint density at radius 2 is 2.05 bits per heavy atom. The summed E-state index contributed by atoms with van der Waals surface area (Å²) in [5.41, 5.74) is 1.43. The summed E-state index contributed by atoms with van der Waals surface area (Å²) in [7, 11) is 0. The van der Waals surface area contributed by atoms with Gasteiger partial charge in [0.15, 0.2) is 0 Å². The Hall–Kier alpha value is -0.860. The molecule has 1 aromatic carbocycles. The van der Waals surface area contributed by atoms with Gasteiger partial charge in [0.2, 0.25) is 0 Å². The molecule has 3 unspecified atom stereocenters. The minimum Gasteiger partial charge on any atom is -0.393 e. The molecule has 0 saturated heterocycles. The zero-order valence-electron chi connectivity index (χ0n) is 12.4. The number of hydrogen-bond acceptors (Lipinski definition) is 2. The van der Waals surface area contributed by atoms with Gasteiger partial charge in [-0.1, -0.05) is 32.0 Å². The Kier molecular flexibility index (Phi) is 4.13. The van der Waals surface area contributed by atoms with Crippen molar-refractivity contribution in [3.05, 3.63) is 35.2 Å². The molecule has 108 valence electrons. The second-order valence-electron chi connectivity index (χ2n) is 6.61. The molecule has 3 rings (SSSR count). The van der Waals surface area contributed by atoms with Gasteiger partial charge in [0.1, 0.15) is 0 Å². The van der Waals surface area contributed by atoms with Crippen LogP contribution in [-0.4, -0.2) is 11.2 Å². The fourth-order valence-electron chi connectivity index (χ4n) is 3.58. The van der Waals surface area contributed by atoms with Crippen molar-refractivity contribution in [1.82, 2.24) is 0 Å². The zero-order valence-corrected chi connectivity index (χ0v) is 13.2. The summed E-state index contributed by atoms with van der Waals surface area (Å²) in [6.07, 6.45) is 4.29. The Balaban J connectivity index is 1.79. The fraction of sp³-hybridized carbons (Fsp3) is 0.556. The normalized spacial score (nSPS) is 27.3. The number of benzene rings is 1. The summed E-state index contributed by atoms with van der Waals surface area (Å²) in [6, 6.07) is 8.63. The maximum atomic E-state index is 10.3. The molecule has 1 saturated carbocycles. The van der Waals surface area contributed by atoms with E-state index >= 15 is 0 Å². The van der Waals surface area contributed by atoms with Crippen LogP contribution in [0.4, 0.5) is 0 Å². The van der Waals surface area contributed by atoms with Crippen LogP contribution >= 0.6 is 11.3 Å². The molecule has 3 atom stereocenters. The Morgan fingerprint density at radius 1 is 1.25 bits per heavy atom. The minimum absolute atomic E-state index is 0.108. The molecule has 2 heteroatoms. The van der Waals surface area contributed by atoms with Gasteiger partial charge in [-0.15, -0.1) is 11.3 Å². The molecule has 1 nitrogen and oxygen atoms in total. The molecule has 0 amide bonds. The van der Waals surface area contributed by atoms with Gasteiger partial charge in [-0.2, -0.15) is 0 Å². The van der Waals surface area contributed by atoms with E-state index in [0.717, 1.165) is 24.7 Å². The number of aliphatic hydroxyl groups is 1. The number of rotatable bonds is 3. The quantitative estimate of drug-likeness (QED) is 0.853. The number of hydrogen-bond donors (Lipinski definition) is 1. The molecule has 1 fully saturated rings. The summed E-state index contributed by atoms with van der Waals surface area (Å²) < 4.78 is 1.37. The third-order valence-corrected chi connectivity index (χ3v) is 5.98. The smallest absolute Gasteiger partial charge is 0.0571 e.